The van der Waals surface area contributed by atoms with E-state index in [0.29, 0.717) is 31.7 Å². The lowest BCUT2D eigenvalue weighted by molar-refractivity contribution is 0.0746. The molecule has 2 aromatic heterocycles. The molecule has 0 atom stereocenters. The predicted molar refractivity (Wildman–Crippen MR) is 110 cm³/mol. The molecule has 1 aliphatic heterocycles. The highest BCUT2D eigenvalue weighted by Crippen LogP contribution is 2.23. The highest BCUT2D eigenvalue weighted by molar-refractivity contribution is 6.32. The minimum atomic E-state index is -0.0845. The third kappa shape index (κ3) is 3.68. The Hall–Kier alpha value is -2.99. The first-order chi connectivity index (χ1) is 13.6. The third-order valence-corrected chi connectivity index (χ3v) is 5.25. The smallest absolute Gasteiger partial charge is 0.257 e. The normalized spacial score (nSPS) is 14.2. The maximum absolute atomic E-state index is 12.7. The number of hydrogen-bond acceptors (Lipinski definition) is 5. The average molecular weight is 394 g/mol. The summed E-state index contributed by atoms with van der Waals surface area (Å²) in [6.07, 6.45) is 1.58. The zero-order valence-corrected chi connectivity index (χ0v) is 16.3. The van der Waals surface area contributed by atoms with Crippen LogP contribution in [0, 0.1) is 6.92 Å². The van der Waals surface area contributed by atoms with Crippen LogP contribution in [-0.4, -0.2) is 52.2 Å². The van der Waals surface area contributed by atoms with Crippen LogP contribution < -0.4 is 4.90 Å². The standard InChI is InChI=1S/C21H20ClN5O/c1-15-5-2-3-6-16(15)18-8-9-19(25-24-18)26-11-13-27(14-12-26)21(28)17-7-4-10-23-20(17)22/h2-10H,11-14H2,1H3. The Morgan fingerprint density at radius 2 is 1.75 bits per heavy atom. The SMILES string of the molecule is Cc1ccccc1-c1ccc(N2CCN(C(=O)c3cccnc3Cl)CC2)nn1. The highest BCUT2D eigenvalue weighted by Gasteiger charge is 2.24. The van der Waals surface area contributed by atoms with Crippen molar-refractivity contribution >= 4 is 23.3 Å². The molecule has 1 fully saturated rings. The molecule has 0 saturated carbocycles. The van der Waals surface area contributed by atoms with Gasteiger partial charge in [-0.3, -0.25) is 4.79 Å². The van der Waals surface area contributed by atoms with Crippen LogP contribution in [0.15, 0.2) is 54.7 Å². The van der Waals surface area contributed by atoms with E-state index in [1.807, 2.05) is 30.3 Å². The van der Waals surface area contributed by atoms with E-state index in [4.69, 9.17) is 11.6 Å². The number of aryl methyl sites for hydroxylation is 1. The fourth-order valence-corrected chi connectivity index (χ4v) is 3.55. The Kier molecular flexibility index (Phi) is 5.21. The van der Waals surface area contributed by atoms with E-state index in [1.165, 1.54) is 5.56 Å². The maximum atomic E-state index is 12.7. The van der Waals surface area contributed by atoms with Crippen molar-refractivity contribution in [2.24, 2.45) is 0 Å². The van der Waals surface area contributed by atoms with Crippen molar-refractivity contribution < 1.29 is 4.79 Å². The molecule has 1 saturated heterocycles. The third-order valence-electron chi connectivity index (χ3n) is 4.95. The molecule has 1 aromatic carbocycles. The molecule has 0 N–H and O–H groups in total. The minimum Gasteiger partial charge on any atom is -0.352 e. The van der Waals surface area contributed by atoms with E-state index >= 15 is 0 Å². The van der Waals surface area contributed by atoms with Crippen LogP contribution >= 0.6 is 11.6 Å². The lowest BCUT2D eigenvalue weighted by atomic mass is 10.1. The molecule has 28 heavy (non-hydrogen) atoms. The van der Waals surface area contributed by atoms with Gasteiger partial charge < -0.3 is 9.80 Å². The van der Waals surface area contributed by atoms with Gasteiger partial charge >= 0.3 is 0 Å². The summed E-state index contributed by atoms with van der Waals surface area (Å²) < 4.78 is 0. The summed E-state index contributed by atoms with van der Waals surface area (Å²) in [5.41, 5.74) is 3.57. The fourth-order valence-electron chi connectivity index (χ4n) is 3.35. The van der Waals surface area contributed by atoms with Crippen molar-refractivity contribution in [1.29, 1.82) is 0 Å². The van der Waals surface area contributed by atoms with E-state index in [1.54, 1.807) is 23.2 Å². The number of halogens is 1. The summed E-state index contributed by atoms with van der Waals surface area (Å²) in [6.45, 7) is 4.66. The van der Waals surface area contributed by atoms with Crippen LogP contribution in [-0.2, 0) is 0 Å². The van der Waals surface area contributed by atoms with Crippen LogP contribution in [0.2, 0.25) is 5.15 Å². The topological polar surface area (TPSA) is 62.2 Å². The number of amides is 1. The molecule has 142 valence electrons. The van der Waals surface area contributed by atoms with Gasteiger partial charge in [-0.1, -0.05) is 35.9 Å². The van der Waals surface area contributed by atoms with Crippen molar-refractivity contribution in [2.45, 2.75) is 6.92 Å². The number of rotatable bonds is 3. The number of pyridine rings is 1. The molecule has 3 heterocycles. The summed E-state index contributed by atoms with van der Waals surface area (Å²) in [6, 6.07) is 15.5. The number of carbonyl (C=O) groups excluding carboxylic acids is 1. The van der Waals surface area contributed by atoms with Crippen LogP contribution in [0.3, 0.4) is 0 Å². The largest absolute Gasteiger partial charge is 0.352 e. The Morgan fingerprint density at radius 3 is 2.43 bits per heavy atom. The number of aromatic nitrogens is 3. The minimum absolute atomic E-state index is 0.0845. The monoisotopic (exact) mass is 393 g/mol. The quantitative estimate of drug-likeness (QED) is 0.637. The van der Waals surface area contributed by atoms with Gasteiger partial charge in [-0.2, -0.15) is 0 Å². The molecule has 6 nitrogen and oxygen atoms in total. The molecule has 0 unspecified atom stereocenters. The van der Waals surface area contributed by atoms with Gasteiger partial charge in [0.1, 0.15) is 5.15 Å². The van der Waals surface area contributed by atoms with Crippen molar-refractivity contribution in [2.75, 3.05) is 31.1 Å². The number of nitrogens with zero attached hydrogens (tertiary/aromatic N) is 5. The van der Waals surface area contributed by atoms with Crippen LogP contribution in [0.25, 0.3) is 11.3 Å². The zero-order chi connectivity index (χ0) is 19.5. The van der Waals surface area contributed by atoms with Crippen LogP contribution in [0.4, 0.5) is 5.82 Å². The molecule has 0 bridgehead atoms. The van der Waals surface area contributed by atoms with Crippen molar-refractivity contribution in [1.82, 2.24) is 20.1 Å². The average Bonchev–Trinajstić information content (AvgIpc) is 2.74. The second-order valence-electron chi connectivity index (χ2n) is 6.71. The lowest BCUT2D eigenvalue weighted by Gasteiger charge is -2.35. The second-order valence-corrected chi connectivity index (χ2v) is 7.07. The molecule has 1 aliphatic rings. The maximum Gasteiger partial charge on any atom is 0.257 e. The van der Waals surface area contributed by atoms with Gasteiger partial charge in [0.05, 0.1) is 11.3 Å². The Labute approximate surface area is 168 Å². The second kappa shape index (κ2) is 7.94. The Morgan fingerprint density at radius 1 is 0.964 bits per heavy atom. The zero-order valence-electron chi connectivity index (χ0n) is 15.5. The van der Waals surface area contributed by atoms with E-state index in [-0.39, 0.29) is 11.1 Å². The Bertz CT molecular complexity index is 984. The van der Waals surface area contributed by atoms with E-state index in [9.17, 15) is 4.79 Å². The van der Waals surface area contributed by atoms with Gasteiger partial charge in [0.2, 0.25) is 0 Å². The number of anilines is 1. The fraction of sp³-hybridized carbons (Fsp3) is 0.238. The summed E-state index contributed by atoms with van der Waals surface area (Å²) in [5.74, 6) is 0.738. The lowest BCUT2D eigenvalue weighted by Crippen LogP contribution is -2.49. The molecule has 0 spiro atoms. The van der Waals surface area contributed by atoms with Crippen LogP contribution in [0.5, 0.6) is 0 Å². The highest BCUT2D eigenvalue weighted by atomic mass is 35.5. The molecule has 3 aromatic rings. The predicted octanol–water partition coefficient (Wildman–Crippen LogP) is 3.46. The first kappa shape index (κ1) is 18.4. The van der Waals surface area contributed by atoms with Crippen molar-refractivity contribution in [3.63, 3.8) is 0 Å². The number of carbonyl (C=O) groups is 1. The molecule has 4 rings (SSSR count). The molecule has 7 heteroatoms. The van der Waals surface area contributed by atoms with E-state index in [2.05, 4.69) is 33.1 Å². The van der Waals surface area contributed by atoms with Gasteiger partial charge in [-0.05, 0) is 36.8 Å². The van der Waals surface area contributed by atoms with Gasteiger partial charge in [0.25, 0.3) is 5.91 Å². The van der Waals surface area contributed by atoms with Gasteiger partial charge in [-0.15, -0.1) is 10.2 Å². The first-order valence-electron chi connectivity index (χ1n) is 9.18. The van der Waals surface area contributed by atoms with E-state index in [0.717, 1.165) is 17.1 Å². The van der Waals surface area contributed by atoms with E-state index < -0.39 is 0 Å². The summed E-state index contributed by atoms with van der Waals surface area (Å²) in [4.78, 5) is 20.6. The Balaban J connectivity index is 1.42. The van der Waals surface area contributed by atoms with Crippen molar-refractivity contribution in [3.05, 3.63) is 71.0 Å². The number of piperazine rings is 1. The molecule has 0 radical (unpaired) electrons. The summed E-state index contributed by atoms with van der Waals surface area (Å²) in [7, 11) is 0. The molecular weight excluding hydrogens is 374 g/mol. The summed E-state index contributed by atoms with van der Waals surface area (Å²) >= 11 is 6.05. The van der Waals surface area contributed by atoms with Gasteiger partial charge in [-0.25, -0.2) is 4.98 Å². The molecule has 0 aliphatic carbocycles. The van der Waals surface area contributed by atoms with Crippen molar-refractivity contribution in [3.8, 4) is 11.3 Å². The van der Waals surface area contributed by atoms with Gasteiger partial charge in [0, 0.05) is 37.9 Å². The summed E-state index contributed by atoms with van der Waals surface area (Å²) in [5, 5.41) is 9.05. The number of hydrogen-bond donors (Lipinski definition) is 0. The number of benzene rings is 1. The van der Waals surface area contributed by atoms with Gasteiger partial charge in [0.15, 0.2) is 5.82 Å². The molecular formula is C21H20ClN5O. The molecule has 1 amide bonds. The first-order valence-corrected chi connectivity index (χ1v) is 9.56. The van der Waals surface area contributed by atoms with Crippen LogP contribution in [0.1, 0.15) is 15.9 Å².